The van der Waals surface area contributed by atoms with Gasteiger partial charge < -0.3 is 10.1 Å². The van der Waals surface area contributed by atoms with Crippen LogP contribution < -0.4 is 5.32 Å². The normalized spacial score (nSPS) is 14.6. The monoisotopic (exact) mass is 323 g/mol. The molecule has 1 heterocycles. The summed E-state index contributed by atoms with van der Waals surface area (Å²) in [5.74, 6) is -0.487. The van der Waals surface area contributed by atoms with Crippen LogP contribution in [0.4, 0.5) is 5.00 Å². The van der Waals surface area contributed by atoms with Gasteiger partial charge in [0.1, 0.15) is 5.00 Å². The van der Waals surface area contributed by atoms with Crippen LogP contribution in [0.5, 0.6) is 0 Å². The molecule has 22 heavy (non-hydrogen) atoms. The molecule has 0 unspecified atom stereocenters. The number of amides is 1. The van der Waals surface area contributed by atoms with Crippen LogP contribution >= 0.6 is 11.3 Å². The zero-order chi connectivity index (χ0) is 16.3. The second-order valence-corrected chi connectivity index (χ2v) is 7.47. The quantitative estimate of drug-likeness (QED) is 0.668. The molecule has 0 aliphatic heterocycles. The van der Waals surface area contributed by atoms with E-state index in [4.69, 9.17) is 4.74 Å². The van der Waals surface area contributed by atoms with Gasteiger partial charge in [0.15, 0.2) is 0 Å². The van der Waals surface area contributed by atoms with Crippen molar-refractivity contribution in [1.29, 1.82) is 0 Å². The molecule has 0 radical (unpaired) electrons. The Morgan fingerprint density at radius 3 is 2.41 bits per heavy atom. The third-order valence-corrected chi connectivity index (χ3v) is 4.94. The van der Waals surface area contributed by atoms with Crippen molar-refractivity contribution >= 4 is 28.2 Å². The number of anilines is 1. The minimum atomic E-state index is -0.312. The van der Waals surface area contributed by atoms with Gasteiger partial charge in [0.25, 0.3) is 0 Å². The van der Waals surface area contributed by atoms with Gasteiger partial charge in [-0.25, -0.2) is 4.79 Å². The van der Waals surface area contributed by atoms with E-state index in [-0.39, 0.29) is 23.9 Å². The Morgan fingerprint density at radius 1 is 1.09 bits per heavy atom. The average Bonchev–Trinajstić information content (AvgIpc) is 2.60. The van der Waals surface area contributed by atoms with Crippen molar-refractivity contribution in [3.05, 3.63) is 16.0 Å². The van der Waals surface area contributed by atoms with Gasteiger partial charge in [-0.3, -0.25) is 4.79 Å². The summed E-state index contributed by atoms with van der Waals surface area (Å²) in [7, 11) is 0. The fourth-order valence-corrected chi connectivity index (χ4v) is 3.86. The molecule has 4 nitrogen and oxygen atoms in total. The molecule has 1 amide bonds. The molecule has 1 N–H and O–H groups in total. The number of hydrogen-bond acceptors (Lipinski definition) is 4. The first kappa shape index (κ1) is 17.0. The van der Waals surface area contributed by atoms with Gasteiger partial charge in [0.05, 0.1) is 11.7 Å². The van der Waals surface area contributed by atoms with Crippen LogP contribution in [-0.2, 0) is 22.4 Å². The topological polar surface area (TPSA) is 55.4 Å². The molecule has 1 aliphatic rings. The Balaban J connectivity index is 2.39. The highest BCUT2D eigenvalue weighted by Crippen LogP contribution is 2.38. The third kappa shape index (κ3) is 3.88. The fraction of sp³-hybridized carbons (Fsp3) is 0.647. The van der Waals surface area contributed by atoms with E-state index in [0.29, 0.717) is 10.6 Å². The number of ether oxygens (including phenoxy) is 1. The van der Waals surface area contributed by atoms with Crippen molar-refractivity contribution in [1.82, 2.24) is 0 Å². The Bertz CT molecular complexity index is 560. The van der Waals surface area contributed by atoms with Crippen LogP contribution in [0.25, 0.3) is 0 Å². The standard InChI is InChI=1S/C17H25NO3S/c1-10(2)15(19)18-16-14(17(20)21-11(3)4)12-8-6-5-7-9-13(12)22-16/h10-11H,5-9H2,1-4H3,(H,18,19). The molecule has 2 rings (SSSR count). The molecule has 0 fully saturated rings. The van der Waals surface area contributed by atoms with Crippen LogP contribution in [0.15, 0.2) is 0 Å². The highest BCUT2D eigenvalue weighted by Gasteiger charge is 2.27. The first-order valence-electron chi connectivity index (χ1n) is 8.06. The molecule has 1 aromatic rings. The molecule has 0 spiro atoms. The summed E-state index contributed by atoms with van der Waals surface area (Å²) < 4.78 is 5.40. The number of nitrogens with one attached hydrogen (secondary N) is 1. The van der Waals surface area contributed by atoms with Crippen LogP contribution in [-0.4, -0.2) is 18.0 Å². The number of esters is 1. The Morgan fingerprint density at radius 2 is 1.77 bits per heavy atom. The van der Waals surface area contributed by atoms with E-state index in [9.17, 15) is 9.59 Å². The Kier molecular flexibility index (Phi) is 5.62. The number of aryl methyl sites for hydroxylation is 1. The maximum Gasteiger partial charge on any atom is 0.341 e. The maximum absolute atomic E-state index is 12.5. The zero-order valence-electron chi connectivity index (χ0n) is 13.8. The van der Waals surface area contributed by atoms with Crippen molar-refractivity contribution in [3.8, 4) is 0 Å². The molecule has 1 aliphatic carbocycles. The predicted octanol–water partition coefficient (Wildman–Crippen LogP) is 4.18. The van der Waals surface area contributed by atoms with E-state index in [2.05, 4.69) is 5.32 Å². The molecule has 122 valence electrons. The number of carbonyl (C=O) groups excluding carboxylic acids is 2. The smallest absolute Gasteiger partial charge is 0.341 e. The lowest BCUT2D eigenvalue weighted by Gasteiger charge is -2.12. The SMILES string of the molecule is CC(C)OC(=O)c1c(NC(=O)C(C)C)sc2c1CCCCC2. The molecule has 0 bridgehead atoms. The molecule has 0 saturated heterocycles. The summed E-state index contributed by atoms with van der Waals surface area (Å²) in [6.45, 7) is 7.38. The van der Waals surface area contributed by atoms with Crippen LogP contribution in [0.1, 0.15) is 67.8 Å². The predicted molar refractivity (Wildman–Crippen MR) is 89.6 cm³/mol. The Hall–Kier alpha value is -1.36. The summed E-state index contributed by atoms with van der Waals surface area (Å²) >= 11 is 1.54. The van der Waals surface area contributed by atoms with Gasteiger partial charge in [0.2, 0.25) is 5.91 Å². The van der Waals surface area contributed by atoms with Crippen LogP contribution in [0, 0.1) is 5.92 Å². The summed E-state index contributed by atoms with van der Waals surface area (Å²) in [6.07, 6.45) is 5.13. The van der Waals surface area contributed by atoms with Gasteiger partial charge in [0, 0.05) is 10.8 Å². The summed E-state index contributed by atoms with van der Waals surface area (Å²) in [4.78, 5) is 25.8. The number of rotatable bonds is 4. The van der Waals surface area contributed by atoms with E-state index in [1.165, 1.54) is 11.3 Å². The van der Waals surface area contributed by atoms with E-state index in [1.54, 1.807) is 11.3 Å². The summed E-state index contributed by atoms with van der Waals surface area (Å²) in [6, 6.07) is 0. The second-order valence-electron chi connectivity index (χ2n) is 6.37. The van der Waals surface area contributed by atoms with Crippen LogP contribution in [0.2, 0.25) is 0 Å². The molecule has 0 saturated carbocycles. The molecule has 0 aromatic carbocycles. The highest BCUT2D eigenvalue weighted by molar-refractivity contribution is 7.17. The molecule has 5 heteroatoms. The van der Waals surface area contributed by atoms with Crippen molar-refractivity contribution in [2.24, 2.45) is 5.92 Å². The van der Waals surface area contributed by atoms with Gasteiger partial charge >= 0.3 is 5.97 Å². The minimum Gasteiger partial charge on any atom is -0.459 e. The number of carbonyl (C=O) groups is 2. The number of thiophene rings is 1. The van der Waals surface area contributed by atoms with Crippen molar-refractivity contribution in [2.75, 3.05) is 5.32 Å². The average molecular weight is 323 g/mol. The highest BCUT2D eigenvalue weighted by atomic mass is 32.1. The fourth-order valence-electron chi connectivity index (χ4n) is 2.58. The van der Waals surface area contributed by atoms with E-state index in [0.717, 1.165) is 31.2 Å². The molecular formula is C17H25NO3S. The maximum atomic E-state index is 12.5. The first-order valence-corrected chi connectivity index (χ1v) is 8.88. The van der Waals surface area contributed by atoms with Gasteiger partial charge in [-0.05, 0) is 45.1 Å². The first-order chi connectivity index (χ1) is 10.4. The molecule has 0 atom stereocenters. The van der Waals surface area contributed by atoms with E-state index < -0.39 is 0 Å². The summed E-state index contributed by atoms with van der Waals surface area (Å²) in [5.41, 5.74) is 1.68. The lowest BCUT2D eigenvalue weighted by atomic mass is 10.1. The van der Waals surface area contributed by atoms with Crippen molar-refractivity contribution in [3.63, 3.8) is 0 Å². The lowest BCUT2D eigenvalue weighted by molar-refractivity contribution is -0.118. The number of hydrogen-bond donors (Lipinski definition) is 1. The van der Waals surface area contributed by atoms with Crippen molar-refractivity contribution in [2.45, 2.75) is 65.9 Å². The van der Waals surface area contributed by atoms with E-state index in [1.807, 2.05) is 27.7 Å². The van der Waals surface area contributed by atoms with Crippen molar-refractivity contribution < 1.29 is 14.3 Å². The van der Waals surface area contributed by atoms with Crippen LogP contribution in [0.3, 0.4) is 0 Å². The van der Waals surface area contributed by atoms with E-state index >= 15 is 0 Å². The lowest BCUT2D eigenvalue weighted by Crippen LogP contribution is -2.20. The molecular weight excluding hydrogens is 298 g/mol. The zero-order valence-corrected chi connectivity index (χ0v) is 14.6. The second kappa shape index (κ2) is 7.27. The largest absolute Gasteiger partial charge is 0.459 e. The van der Waals surface area contributed by atoms with Gasteiger partial charge in [-0.2, -0.15) is 0 Å². The Labute approximate surface area is 136 Å². The molecule has 1 aromatic heterocycles. The van der Waals surface area contributed by atoms with Gasteiger partial charge in [-0.1, -0.05) is 20.3 Å². The third-order valence-electron chi connectivity index (χ3n) is 3.73. The number of fused-ring (bicyclic) bond motifs is 1. The summed E-state index contributed by atoms with van der Waals surface area (Å²) in [5, 5.41) is 3.58. The van der Waals surface area contributed by atoms with Gasteiger partial charge in [-0.15, -0.1) is 11.3 Å². The minimum absolute atomic E-state index is 0.0602.